The summed E-state index contributed by atoms with van der Waals surface area (Å²) in [6.45, 7) is 3.97. The molecule has 1 fully saturated rings. The number of nitrogens with zero attached hydrogens (tertiary/aromatic N) is 3. The highest BCUT2D eigenvalue weighted by molar-refractivity contribution is 5.99. The van der Waals surface area contributed by atoms with Crippen molar-refractivity contribution >= 4 is 29.3 Å². The van der Waals surface area contributed by atoms with Crippen LogP contribution >= 0.6 is 0 Å². The number of ether oxygens (including phenoxy) is 3. The van der Waals surface area contributed by atoms with Gasteiger partial charge in [-0.15, -0.1) is 0 Å². The predicted molar refractivity (Wildman–Crippen MR) is 140 cm³/mol. The monoisotopic (exact) mass is 505 g/mol. The first kappa shape index (κ1) is 25.7. The Hall–Kier alpha value is -4.34. The fourth-order valence-corrected chi connectivity index (χ4v) is 4.04. The minimum Gasteiger partial charge on any atom is -0.490 e. The number of esters is 1. The van der Waals surface area contributed by atoms with Crippen LogP contribution in [0.25, 0.3) is 0 Å². The van der Waals surface area contributed by atoms with Gasteiger partial charge in [-0.1, -0.05) is 24.3 Å². The quantitative estimate of drug-likeness (QED) is 0.414. The Morgan fingerprint density at radius 3 is 2.59 bits per heavy atom. The van der Waals surface area contributed by atoms with Crippen LogP contribution in [0.4, 0.5) is 22.1 Å². The van der Waals surface area contributed by atoms with E-state index in [0.29, 0.717) is 30.5 Å². The summed E-state index contributed by atoms with van der Waals surface area (Å²) in [7, 11) is 1.35. The van der Waals surface area contributed by atoms with Gasteiger partial charge in [-0.05, 0) is 49.6 Å². The molecule has 4 rings (SSSR count). The number of nitrogens with one attached hydrogen (secondary N) is 2. The van der Waals surface area contributed by atoms with Gasteiger partial charge in [-0.2, -0.15) is 0 Å². The van der Waals surface area contributed by atoms with Crippen LogP contribution in [0.2, 0.25) is 0 Å². The summed E-state index contributed by atoms with van der Waals surface area (Å²) in [6.07, 6.45) is 5.18. The molecule has 0 spiro atoms. The normalized spacial score (nSPS) is 15.0. The zero-order valence-corrected chi connectivity index (χ0v) is 21.0. The second-order valence-corrected chi connectivity index (χ2v) is 8.50. The lowest BCUT2D eigenvalue weighted by Crippen LogP contribution is -2.41. The summed E-state index contributed by atoms with van der Waals surface area (Å²) in [5.74, 6) is 2.14. The molecule has 1 atom stereocenters. The third-order valence-corrected chi connectivity index (χ3v) is 5.80. The fraction of sp³-hybridized carbons (Fsp3) is 0.333. The number of piperidine rings is 1. The van der Waals surface area contributed by atoms with Crippen molar-refractivity contribution in [3.8, 4) is 11.5 Å². The van der Waals surface area contributed by atoms with Crippen molar-refractivity contribution in [2.45, 2.75) is 32.3 Å². The minimum atomic E-state index is -0.445. The average Bonchev–Trinajstić information content (AvgIpc) is 2.91. The lowest BCUT2D eigenvalue weighted by Gasteiger charge is -2.33. The molecule has 2 amide bonds. The van der Waals surface area contributed by atoms with Gasteiger partial charge in [0.1, 0.15) is 11.9 Å². The summed E-state index contributed by atoms with van der Waals surface area (Å²) in [5, 5.41) is 5.48. The van der Waals surface area contributed by atoms with Crippen LogP contribution in [0, 0.1) is 0 Å². The molecular formula is C27H31N5O5. The average molecular weight is 506 g/mol. The Balaban J connectivity index is 1.34. The van der Waals surface area contributed by atoms with E-state index in [1.807, 2.05) is 31.2 Å². The largest absolute Gasteiger partial charge is 0.490 e. The van der Waals surface area contributed by atoms with Crippen molar-refractivity contribution in [3.05, 3.63) is 66.5 Å². The van der Waals surface area contributed by atoms with Gasteiger partial charge in [0, 0.05) is 12.2 Å². The number of amides is 2. The third-order valence-electron chi connectivity index (χ3n) is 5.80. The molecule has 0 radical (unpaired) electrons. The Morgan fingerprint density at radius 1 is 1.05 bits per heavy atom. The first-order valence-corrected chi connectivity index (χ1v) is 12.2. The van der Waals surface area contributed by atoms with Gasteiger partial charge in [-0.3, -0.25) is 15.1 Å². The summed E-state index contributed by atoms with van der Waals surface area (Å²) in [4.78, 5) is 34.9. The number of urea groups is 1. The molecule has 194 valence electrons. The fourth-order valence-electron chi connectivity index (χ4n) is 4.04. The van der Waals surface area contributed by atoms with Crippen molar-refractivity contribution in [1.29, 1.82) is 0 Å². The maximum Gasteiger partial charge on any atom is 0.324 e. The number of hydrogen-bond acceptors (Lipinski definition) is 8. The standard InChI is InChI=1S/C27H31N5O5/c1-3-36-22-8-4-5-9-23(22)37-21-7-6-14-32(18-21)25-17-28-16-24(30-25)31-27(34)29-20-12-10-19(11-13-20)15-26(33)35-2/h4-5,8-13,16-17,21H,3,6-7,14-15,18H2,1-2H3,(H2,29,30,31,34)/t21-/m1/s1. The molecule has 0 unspecified atom stereocenters. The summed E-state index contributed by atoms with van der Waals surface area (Å²) in [6, 6.07) is 14.2. The van der Waals surface area contributed by atoms with E-state index < -0.39 is 6.03 Å². The molecule has 1 aromatic heterocycles. The van der Waals surface area contributed by atoms with Crippen molar-refractivity contribution in [3.63, 3.8) is 0 Å². The van der Waals surface area contributed by atoms with E-state index in [2.05, 4.69) is 30.2 Å². The Morgan fingerprint density at radius 2 is 1.84 bits per heavy atom. The molecule has 0 aliphatic carbocycles. The maximum absolute atomic E-state index is 12.5. The molecule has 37 heavy (non-hydrogen) atoms. The van der Waals surface area contributed by atoms with Crippen molar-refractivity contribution < 1.29 is 23.8 Å². The minimum absolute atomic E-state index is 0.0285. The molecule has 1 aliphatic rings. The van der Waals surface area contributed by atoms with Crippen LogP contribution in [0.3, 0.4) is 0 Å². The number of benzene rings is 2. The molecule has 1 saturated heterocycles. The molecule has 2 heterocycles. The van der Waals surface area contributed by atoms with E-state index in [9.17, 15) is 9.59 Å². The number of hydrogen-bond donors (Lipinski definition) is 2. The van der Waals surface area contributed by atoms with E-state index in [-0.39, 0.29) is 18.5 Å². The second kappa shape index (κ2) is 12.6. The Labute approximate surface area is 216 Å². The van der Waals surface area contributed by atoms with E-state index >= 15 is 0 Å². The smallest absolute Gasteiger partial charge is 0.324 e. The van der Waals surface area contributed by atoms with Gasteiger partial charge in [0.25, 0.3) is 0 Å². The lowest BCUT2D eigenvalue weighted by atomic mass is 10.1. The number of anilines is 3. The van der Waals surface area contributed by atoms with Gasteiger partial charge < -0.3 is 24.4 Å². The maximum atomic E-state index is 12.5. The van der Waals surface area contributed by atoms with Crippen LogP contribution in [0.5, 0.6) is 11.5 Å². The van der Waals surface area contributed by atoms with Crippen molar-refractivity contribution in [1.82, 2.24) is 9.97 Å². The molecule has 0 saturated carbocycles. The molecule has 1 aliphatic heterocycles. The lowest BCUT2D eigenvalue weighted by molar-refractivity contribution is -0.139. The SMILES string of the molecule is CCOc1ccccc1O[C@@H]1CCCN(c2cncc(NC(=O)Nc3ccc(CC(=O)OC)cc3)n2)C1. The highest BCUT2D eigenvalue weighted by atomic mass is 16.5. The van der Waals surface area contributed by atoms with E-state index in [4.69, 9.17) is 9.47 Å². The van der Waals surface area contributed by atoms with E-state index in [0.717, 1.165) is 36.4 Å². The molecule has 3 aromatic rings. The zero-order valence-electron chi connectivity index (χ0n) is 21.0. The van der Waals surface area contributed by atoms with Gasteiger partial charge in [0.15, 0.2) is 17.3 Å². The van der Waals surface area contributed by atoms with Gasteiger partial charge in [0.05, 0.1) is 39.1 Å². The summed E-state index contributed by atoms with van der Waals surface area (Å²) in [5.41, 5.74) is 1.38. The number of carbonyl (C=O) groups excluding carboxylic acids is 2. The number of rotatable bonds is 9. The zero-order chi connectivity index (χ0) is 26.0. The van der Waals surface area contributed by atoms with Crippen LogP contribution < -0.4 is 25.0 Å². The number of methoxy groups -OCH3 is 1. The van der Waals surface area contributed by atoms with Crippen LogP contribution in [0.1, 0.15) is 25.3 Å². The highest BCUT2D eigenvalue weighted by Crippen LogP contribution is 2.30. The topological polar surface area (TPSA) is 115 Å². The summed E-state index contributed by atoms with van der Waals surface area (Å²) >= 11 is 0. The summed E-state index contributed by atoms with van der Waals surface area (Å²) < 4.78 is 16.6. The van der Waals surface area contributed by atoms with Crippen LogP contribution in [0.15, 0.2) is 60.9 Å². The van der Waals surface area contributed by atoms with E-state index in [1.165, 1.54) is 13.3 Å². The third kappa shape index (κ3) is 7.33. The molecule has 2 aromatic carbocycles. The Kier molecular flexibility index (Phi) is 8.75. The van der Waals surface area contributed by atoms with Crippen LogP contribution in [-0.2, 0) is 16.0 Å². The highest BCUT2D eigenvalue weighted by Gasteiger charge is 2.24. The first-order valence-electron chi connectivity index (χ1n) is 12.2. The number of para-hydroxylation sites is 2. The number of aromatic nitrogens is 2. The molecule has 0 bridgehead atoms. The van der Waals surface area contributed by atoms with Gasteiger partial charge in [-0.25, -0.2) is 9.78 Å². The van der Waals surface area contributed by atoms with Crippen LogP contribution in [-0.4, -0.2) is 54.9 Å². The molecule has 2 N–H and O–H groups in total. The first-order chi connectivity index (χ1) is 18.0. The second-order valence-electron chi connectivity index (χ2n) is 8.50. The molecule has 10 heteroatoms. The molecular weight excluding hydrogens is 474 g/mol. The Bertz CT molecular complexity index is 1200. The molecule has 10 nitrogen and oxygen atoms in total. The van der Waals surface area contributed by atoms with Crippen molar-refractivity contribution in [2.75, 3.05) is 42.3 Å². The van der Waals surface area contributed by atoms with E-state index in [1.54, 1.807) is 30.5 Å². The van der Waals surface area contributed by atoms with Gasteiger partial charge in [0.2, 0.25) is 0 Å². The predicted octanol–water partition coefficient (Wildman–Crippen LogP) is 4.28. The number of carbonyl (C=O) groups is 2. The van der Waals surface area contributed by atoms with Gasteiger partial charge >= 0.3 is 12.0 Å². The van der Waals surface area contributed by atoms with Crippen molar-refractivity contribution in [2.24, 2.45) is 0 Å².